The largest absolute Gasteiger partial charge is 0.478 e. The summed E-state index contributed by atoms with van der Waals surface area (Å²) in [4.78, 5) is 51.3. The number of aliphatic carboxylic acids is 1. The maximum Gasteiger partial charge on any atom is 0.418 e. The number of thioether (sulfide) groups is 4. The smallest absolute Gasteiger partial charge is 0.418 e. The first kappa shape index (κ1) is 86.9. The fraction of sp³-hybridized carbons (Fsp3) is 0.190. The summed E-state index contributed by atoms with van der Waals surface area (Å²) in [5.74, 6) is -2.02. The number of hydrogen-bond donors (Lipinski definition) is 5. The number of hydrazine groups is 1. The van der Waals surface area contributed by atoms with Crippen molar-refractivity contribution in [2.75, 3.05) is 46.9 Å². The number of anilines is 4. The van der Waals surface area contributed by atoms with E-state index in [1.165, 1.54) is 125 Å². The second-order valence-corrected chi connectivity index (χ2v) is 35.1. The average Bonchev–Trinajstić information content (AvgIpc) is 1.65. The Morgan fingerprint density at radius 2 is 1.52 bits per heavy atom. The van der Waals surface area contributed by atoms with Crippen molar-refractivity contribution in [3.63, 3.8) is 0 Å². The van der Waals surface area contributed by atoms with Gasteiger partial charge in [-0.05, 0) is 123 Å². The average molecular weight is 1700 g/mol. The molecule has 5 heterocycles. The number of amides is 1. The van der Waals surface area contributed by atoms with Gasteiger partial charge in [0.2, 0.25) is 0 Å². The molecule has 0 fully saturated rings. The molecule has 5 N–H and O–H groups in total. The minimum Gasteiger partial charge on any atom is -0.478 e. The summed E-state index contributed by atoms with van der Waals surface area (Å²) < 4.78 is 137. The molecule has 4 aromatic heterocycles. The first-order valence-electron chi connectivity index (χ1n) is 28.5. The number of carboxylic acid groups (broad SMARTS) is 1. The Bertz CT molecular complexity index is 4970. The number of rotatable bonds is 20. The molecule has 550 valence electrons. The Kier molecular flexibility index (Phi) is 33.5. The van der Waals surface area contributed by atoms with Crippen LogP contribution in [0.2, 0.25) is 10.0 Å². The third-order valence-electron chi connectivity index (χ3n) is 12.8. The predicted molar refractivity (Wildman–Crippen MR) is 403 cm³/mol. The minimum absolute atomic E-state index is 0.0397. The van der Waals surface area contributed by atoms with E-state index in [1.807, 2.05) is 24.3 Å². The van der Waals surface area contributed by atoms with Gasteiger partial charge in [0, 0.05) is 48.5 Å². The predicted octanol–water partition coefficient (Wildman–Crippen LogP) is 15.9. The van der Waals surface area contributed by atoms with Crippen LogP contribution in [0.15, 0.2) is 194 Å². The number of aromatic amines is 1. The van der Waals surface area contributed by atoms with E-state index >= 15 is 0 Å². The molecule has 0 unspecified atom stereocenters. The molecular weight excluding hydrogens is 1650 g/mol. The summed E-state index contributed by atoms with van der Waals surface area (Å²) in [6.07, 6.45) is 1.54. The van der Waals surface area contributed by atoms with Gasteiger partial charge in [-0.1, -0.05) is 112 Å². The number of aromatic nitrogens is 2. The van der Waals surface area contributed by atoms with Gasteiger partial charge in [-0.15, -0.1) is 34.9 Å². The van der Waals surface area contributed by atoms with Crippen LogP contribution >= 0.6 is 128 Å². The van der Waals surface area contributed by atoms with Gasteiger partial charge in [-0.2, -0.15) is 45.8 Å². The zero-order valence-electron chi connectivity index (χ0n) is 53.9. The fourth-order valence-electron chi connectivity index (χ4n) is 7.78. The maximum absolute atomic E-state index is 14.0. The fourth-order valence-corrected chi connectivity index (χ4v) is 18.2. The number of benzene rings is 4. The van der Waals surface area contributed by atoms with Crippen LogP contribution in [-0.2, 0) is 62.3 Å². The number of carbonyl (C=O) groups is 3. The van der Waals surface area contributed by atoms with Gasteiger partial charge in [-0.3, -0.25) is 29.8 Å². The van der Waals surface area contributed by atoms with Crippen molar-refractivity contribution in [3.05, 3.63) is 218 Å². The van der Waals surface area contributed by atoms with E-state index < -0.39 is 95.3 Å². The van der Waals surface area contributed by atoms with Crippen LogP contribution in [0.5, 0.6) is 0 Å². The highest BCUT2D eigenvalue weighted by Crippen LogP contribution is 2.40. The Morgan fingerprint density at radius 3 is 2.07 bits per heavy atom. The number of halogens is 9. The number of furan rings is 1. The topological polar surface area (TPSA) is 365 Å². The van der Waals surface area contributed by atoms with Crippen molar-refractivity contribution in [1.29, 1.82) is 15.8 Å². The summed E-state index contributed by atoms with van der Waals surface area (Å²) >= 11 is 35.8. The molecule has 1 amide bonds. The van der Waals surface area contributed by atoms with Crippen LogP contribution in [0.25, 0.3) is 0 Å². The quantitative estimate of drug-likeness (QED) is 0.00900. The second kappa shape index (κ2) is 40.1. The van der Waals surface area contributed by atoms with Crippen molar-refractivity contribution in [2.24, 2.45) is 5.10 Å². The molecule has 0 atom stereocenters. The van der Waals surface area contributed by atoms with Gasteiger partial charge < -0.3 is 19.6 Å². The number of hydrazone groups is 1. The van der Waals surface area contributed by atoms with E-state index in [2.05, 4.69) is 35.4 Å². The number of nitrogens with zero attached hydrogens (tertiary/aromatic N) is 6. The van der Waals surface area contributed by atoms with Crippen LogP contribution < -0.4 is 26.7 Å². The number of nitriles is 3. The third-order valence-corrected chi connectivity index (χ3v) is 25.8. The number of allylic oxidation sites excluding steroid dienone is 1. The van der Waals surface area contributed by atoms with Crippen molar-refractivity contribution in [3.8, 4) is 18.2 Å². The summed E-state index contributed by atoms with van der Waals surface area (Å²) in [6, 6.07) is 37.3. The van der Waals surface area contributed by atoms with Crippen LogP contribution in [0.1, 0.15) is 46.0 Å². The highest BCUT2D eigenvalue weighted by molar-refractivity contribution is 8.22. The second-order valence-electron chi connectivity index (χ2n) is 20.0. The zero-order chi connectivity index (χ0) is 77.3. The van der Waals surface area contributed by atoms with Gasteiger partial charge in [0.25, 0.3) is 30.1 Å². The first-order chi connectivity index (χ1) is 49.0. The Balaban J connectivity index is 0.000000241. The summed E-state index contributed by atoms with van der Waals surface area (Å²) in [6.45, 7) is 3.11. The van der Waals surface area contributed by atoms with E-state index in [9.17, 15) is 67.3 Å². The molecule has 0 saturated heterocycles. The minimum atomic E-state index is -4.52. The highest BCUT2D eigenvalue weighted by Gasteiger charge is 2.35. The number of methoxy groups -OCH3 is 1. The lowest BCUT2D eigenvalue weighted by molar-refractivity contribution is -0.137. The molecule has 8 aromatic rings. The Hall–Kier alpha value is -7.71. The molecule has 23 nitrogen and oxygen atoms in total. The number of nitrogens with one attached hydrogen (secondary N) is 4. The van der Waals surface area contributed by atoms with Gasteiger partial charge in [0.15, 0.2) is 35.2 Å². The van der Waals surface area contributed by atoms with E-state index in [0.717, 1.165) is 51.6 Å². The molecular formula is C63H53Cl5F4N10O13S9. The number of hydrogen-bond acceptors (Lipinski definition) is 26. The van der Waals surface area contributed by atoms with Gasteiger partial charge in [0.1, 0.15) is 56.0 Å². The van der Waals surface area contributed by atoms with Crippen LogP contribution in [0.3, 0.4) is 0 Å². The molecule has 41 heteroatoms. The monoisotopic (exact) mass is 1700 g/mol. The molecule has 1 aliphatic heterocycles. The van der Waals surface area contributed by atoms with Crippen LogP contribution in [-0.4, -0.2) is 103 Å². The SMILES string of the molecule is COC(=O)c1scc(S(=O)(=O)Cc2ccco2)c1N/N=C(/C#N)S(=O)(=O)c1ccccn1.CSC(SC)=C(C#N)S(=O)(=O)C(C)C.N#Cc1c(Nc2ccccc2C(F)(F)F)s[nH]c1=O.O=C(NN(Cc1c(F)cccc1Cl)c1ccccc1)C(Cl)(Cl)Cl.O=C(O)C1=C(Sc2ccc(Cl)cc2)CSC1. The number of H-pyrrole nitrogens is 1. The van der Waals surface area contributed by atoms with Gasteiger partial charge in [-0.25, -0.2) is 44.2 Å². The highest BCUT2D eigenvalue weighted by atomic mass is 35.6. The standard InChI is InChI=1S/C18H14N4O7S3.C15H11Cl4FN2O.C11H9ClO2S2.C11H6F3N3OS.C8H13NO2S3/c1-28-18(23)17-16(13(10-30-17)31(24,25)11-12-5-4-8-29-12)22-21-15(9-19)32(26,27)14-6-2-3-7-20-14;16-12-7-4-8-13(20)11(12)9-22(10-5-2-1-3-6-10)21-14(23)15(17,18)19;12-7-1-3-8(4-2-7)16-10-6-15-5-9(10)11(13)14;12-11(13,14)7-3-1-2-4-8(7)16-10-6(5-15)9(18)17-19-10;1-6(2)14(10,11)7(5-9)8(12-3)13-4/h2-8,10,22H,11H2,1H3;1-8H,9H2,(H,21,23);1-4H,5-6H2,(H,13,14);1-4,16H,(H,17,18);6H,1-4H3/b21-15-;;;;. The molecule has 0 radical (unpaired) electrons. The van der Waals surface area contributed by atoms with Gasteiger partial charge in [0.05, 0.1) is 51.9 Å². The summed E-state index contributed by atoms with van der Waals surface area (Å²) in [5, 5.41) is 43.5. The number of alkyl halides is 6. The van der Waals surface area contributed by atoms with E-state index in [4.69, 9.17) is 78.1 Å². The molecule has 4 aromatic carbocycles. The maximum atomic E-state index is 14.0. The van der Waals surface area contributed by atoms with Crippen molar-refractivity contribution < 1.29 is 71.5 Å². The molecule has 104 heavy (non-hydrogen) atoms. The number of para-hydroxylation sites is 2. The first-order valence-corrected chi connectivity index (χ1v) is 41.1. The third kappa shape index (κ3) is 24.7. The zero-order valence-corrected chi connectivity index (χ0v) is 65.0. The summed E-state index contributed by atoms with van der Waals surface area (Å²) in [5.41, 5.74) is 3.77. The molecule has 1 aliphatic rings. The number of carbonyl (C=O) groups excluding carboxylic acids is 2. The van der Waals surface area contributed by atoms with Crippen molar-refractivity contribution in [1.82, 2.24) is 14.8 Å². The van der Waals surface area contributed by atoms with Crippen molar-refractivity contribution >= 4 is 202 Å². The summed E-state index contributed by atoms with van der Waals surface area (Å²) in [7, 11) is -10.8. The van der Waals surface area contributed by atoms with Crippen molar-refractivity contribution in [2.45, 2.75) is 56.2 Å². The number of thiophene rings is 1. The Labute approximate surface area is 643 Å². The van der Waals surface area contributed by atoms with Gasteiger partial charge >= 0.3 is 18.1 Å². The number of sulfone groups is 3. The molecule has 0 aliphatic carbocycles. The number of esters is 1. The number of ether oxygens (including phenoxy) is 1. The lowest BCUT2D eigenvalue weighted by Crippen LogP contribution is -2.47. The van der Waals surface area contributed by atoms with Crippen LogP contribution in [0.4, 0.5) is 39.6 Å². The molecule has 9 rings (SSSR count). The Morgan fingerprint density at radius 1 is 0.865 bits per heavy atom. The normalized spacial score (nSPS) is 12.1. The lowest BCUT2D eigenvalue weighted by Gasteiger charge is -2.27. The number of carboxylic acids is 1. The molecule has 0 spiro atoms. The van der Waals surface area contributed by atoms with E-state index in [-0.39, 0.29) is 59.5 Å². The van der Waals surface area contributed by atoms with E-state index in [0.29, 0.717) is 26.3 Å². The molecule has 0 saturated carbocycles. The lowest BCUT2D eigenvalue weighted by atomic mass is 10.1. The van der Waals surface area contributed by atoms with Crippen LogP contribution in [0, 0.1) is 39.8 Å². The molecule has 0 bridgehead atoms. The number of pyridine rings is 1. The van der Waals surface area contributed by atoms with E-state index in [1.54, 1.807) is 86.7 Å².